The number of fused-ring (bicyclic) bond motifs is 3. The smallest absolute Gasteiger partial charge is 0.230 e. The fourth-order valence-electron chi connectivity index (χ4n) is 5.53. The lowest BCUT2D eigenvalue weighted by Gasteiger charge is -2.43. The van der Waals surface area contributed by atoms with E-state index < -0.39 is 23.2 Å². The van der Waals surface area contributed by atoms with Gasteiger partial charge in [-0.2, -0.15) is 0 Å². The van der Waals surface area contributed by atoms with E-state index in [2.05, 4.69) is 26.2 Å². The number of carbonyl (C=O) groups excluding carboxylic acids is 1. The summed E-state index contributed by atoms with van der Waals surface area (Å²) in [6.07, 6.45) is 4.20. The molecule has 1 saturated heterocycles. The molecule has 2 atom stereocenters. The van der Waals surface area contributed by atoms with E-state index in [9.17, 15) is 13.6 Å². The highest BCUT2D eigenvalue weighted by Gasteiger charge is 2.53. The number of rotatable bonds is 4. The van der Waals surface area contributed by atoms with Crippen molar-refractivity contribution in [1.29, 1.82) is 0 Å². The molecule has 1 aliphatic carbocycles. The van der Waals surface area contributed by atoms with Crippen LogP contribution in [0.15, 0.2) is 47.1 Å². The number of nitrogens with zero attached hydrogens (tertiary/aromatic N) is 2. The lowest BCUT2D eigenvalue weighted by Crippen LogP contribution is -2.55. The molecule has 1 spiro atoms. The van der Waals surface area contributed by atoms with Crippen LogP contribution in [0, 0.1) is 17.6 Å². The van der Waals surface area contributed by atoms with E-state index in [4.69, 9.17) is 4.74 Å². The minimum atomic E-state index is -0.947. The minimum Gasteiger partial charge on any atom is -0.365 e. The first-order valence-corrected chi connectivity index (χ1v) is 12.4. The summed E-state index contributed by atoms with van der Waals surface area (Å²) in [6.45, 7) is 1.69. The first-order valence-electron chi connectivity index (χ1n) is 11.6. The normalized spacial score (nSPS) is 23.9. The number of ether oxygens (including phenoxy) is 1. The van der Waals surface area contributed by atoms with Crippen molar-refractivity contribution in [2.75, 3.05) is 13.1 Å². The number of benzene rings is 2. The van der Waals surface area contributed by atoms with Crippen LogP contribution in [0.5, 0.6) is 0 Å². The van der Waals surface area contributed by atoms with Gasteiger partial charge in [0.1, 0.15) is 5.60 Å². The van der Waals surface area contributed by atoms with Crippen LogP contribution in [-0.4, -0.2) is 34.9 Å². The van der Waals surface area contributed by atoms with Crippen LogP contribution in [-0.2, 0) is 28.3 Å². The van der Waals surface area contributed by atoms with Crippen molar-refractivity contribution < 1.29 is 18.3 Å². The maximum Gasteiger partial charge on any atom is 0.230 e. The van der Waals surface area contributed by atoms with E-state index in [-0.39, 0.29) is 18.6 Å². The summed E-state index contributed by atoms with van der Waals surface area (Å²) in [6, 6.07) is 10.6. The lowest BCUT2D eigenvalue weighted by molar-refractivity contribution is -0.157. The standard InChI is InChI=1S/C26H24BrF2N3O2/c27-18-8-15-2-1-6-31-24(15)16(9-18)13-32(19-3-4-19)25(33)21-12-30-7-5-26(21)20-11-23(29)22(28)10-17(20)14-34-26/h1-2,6,8-11,19,21,30H,3-5,7,12-14H2. The van der Waals surface area contributed by atoms with E-state index in [1.807, 2.05) is 29.2 Å². The van der Waals surface area contributed by atoms with Gasteiger partial charge < -0.3 is 15.0 Å². The number of nitrogens with one attached hydrogen (secondary N) is 1. The van der Waals surface area contributed by atoms with Crippen molar-refractivity contribution in [3.05, 3.63) is 75.4 Å². The molecule has 2 unspecified atom stereocenters. The molecule has 0 bridgehead atoms. The van der Waals surface area contributed by atoms with Gasteiger partial charge in [-0.15, -0.1) is 0 Å². The van der Waals surface area contributed by atoms with E-state index in [0.29, 0.717) is 37.2 Å². The molecule has 1 N–H and O–H groups in total. The Labute approximate surface area is 204 Å². The highest BCUT2D eigenvalue weighted by Crippen LogP contribution is 2.48. The van der Waals surface area contributed by atoms with Gasteiger partial charge in [-0.25, -0.2) is 8.78 Å². The lowest BCUT2D eigenvalue weighted by atomic mass is 9.75. The van der Waals surface area contributed by atoms with Gasteiger partial charge in [0.2, 0.25) is 5.91 Å². The van der Waals surface area contributed by atoms with Crippen LogP contribution in [0.25, 0.3) is 10.9 Å². The van der Waals surface area contributed by atoms with Gasteiger partial charge in [-0.1, -0.05) is 22.0 Å². The zero-order valence-electron chi connectivity index (χ0n) is 18.5. The van der Waals surface area contributed by atoms with Crippen LogP contribution < -0.4 is 5.32 Å². The molecule has 1 aromatic heterocycles. The van der Waals surface area contributed by atoms with E-state index in [1.54, 1.807) is 6.20 Å². The third kappa shape index (κ3) is 3.63. The third-order valence-electron chi connectivity index (χ3n) is 7.33. The van der Waals surface area contributed by atoms with Crippen molar-refractivity contribution in [1.82, 2.24) is 15.2 Å². The molecule has 34 heavy (non-hydrogen) atoms. The predicted octanol–water partition coefficient (Wildman–Crippen LogP) is 4.80. The molecular weight excluding hydrogens is 504 g/mol. The number of hydrogen-bond donors (Lipinski definition) is 1. The summed E-state index contributed by atoms with van der Waals surface area (Å²) in [5.41, 5.74) is 2.14. The zero-order chi connectivity index (χ0) is 23.4. The fourth-order valence-corrected chi connectivity index (χ4v) is 6.06. The Morgan fingerprint density at radius 3 is 2.88 bits per heavy atom. The highest BCUT2D eigenvalue weighted by molar-refractivity contribution is 9.10. The monoisotopic (exact) mass is 527 g/mol. The number of piperidine rings is 1. The maximum atomic E-state index is 14.3. The van der Waals surface area contributed by atoms with Crippen LogP contribution in [0.4, 0.5) is 8.78 Å². The Balaban J connectivity index is 1.38. The molecule has 2 aliphatic heterocycles. The molecule has 2 fully saturated rings. The van der Waals surface area contributed by atoms with Crippen molar-refractivity contribution in [2.45, 2.75) is 44.1 Å². The fraction of sp³-hybridized carbons (Fsp3) is 0.385. The molecular formula is C26H24BrF2N3O2. The Hall–Kier alpha value is -2.42. The average Bonchev–Trinajstić information content (AvgIpc) is 3.62. The SMILES string of the molecule is O=C(C1CNCCC12OCc1cc(F)c(F)cc12)N(Cc1cc(Br)cc2cccnc12)C1CC1. The van der Waals surface area contributed by atoms with Gasteiger partial charge >= 0.3 is 0 Å². The summed E-state index contributed by atoms with van der Waals surface area (Å²) in [4.78, 5) is 20.6. The molecule has 6 rings (SSSR count). The van der Waals surface area contributed by atoms with Crippen LogP contribution in [0.1, 0.15) is 36.0 Å². The number of aromatic nitrogens is 1. The van der Waals surface area contributed by atoms with Crippen molar-refractivity contribution in [3.8, 4) is 0 Å². The highest BCUT2D eigenvalue weighted by atomic mass is 79.9. The van der Waals surface area contributed by atoms with Crippen LogP contribution in [0.2, 0.25) is 0 Å². The molecule has 8 heteroatoms. The molecule has 3 aromatic rings. The largest absolute Gasteiger partial charge is 0.365 e. The minimum absolute atomic E-state index is 0.0173. The van der Waals surface area contributed by atoms with Gasteiger partial charge in [-0.05, 0) is 72.8 Å². The average molecular weight is 528 g/mol. The topological polar surface area (TPSA) is 54.5 Å². The Kier molecular flexibility index (Phi) is 5.43. The molecule has 3 aliphatic rings. The number of hydrogen-bond acceptors (Lipinski definition) is 4. The first-order chi connectivity index (χ1) is 16.5. The second kappa shape index (κ2) is 8.36. The van der Waals surface area contributed by atoms with Gasteiger partial charge in [-0.3, -0.25) is 9.78 Å². The van der Waals surface area contributed by atoms with E-state index in [1.165, 1.54) is 12.1 Å². The molecule has 3 heterocycles. The van der Waals surface area contributed by atoms with Crippen molar-refractivity contribution >= 4 is 32.7 Å². The molecule has 1 saturated carbocycles. The van der Waals surface area contributed by atoms with Gasteiger partial charge in [0, 0.05) is 35.2 Å². The third-order valence-corrected chi connectivity index (χ3v) is 7.79. The van der Waals surface area contributed by atoms with Crippen molar-refractivity contribution in [2.24, 2.45) is 5.92 Å². The molecule has 2 aromatic carbocycles. The molecule has 1 amide bonds. The van der Waals surface area contributed by atoms with E-state index >= 15 is 0 Å². The van der Waals surface area contributed by atoms with Crippen molar-refractivity contribution in [3.63, 3.8) is 0 Å². The Morgan fingerprint density at radius 2 is 2.06 bits per heavy atom. The summed E-state index contributed by atoms with van der Waals surface area (Å²) < 4.78 is 35.3. The molecule has 0 radical (unpaired) electrons. The van der Waals surface area contributed by atoms with E-state index in [0.717, 1.165) is 33.8 Å². The molecule has 5 nitrogen and oxygen atoms in total. The van der Waals surface area contributed by atoms with Gasteiger partial charge in [0.05, 0.1) is 18.0 Å². The Morgan fingerprint density at radius 1 is 1.24 bits per heavy atom. The quantitative estimate of drug-likeness (QED) is 0.529. The Bertz CT molecular complexity index is 1300. The zero-order valence-corrected chi connectivity index (χ0v) is 20.1. The van der Waals surface area contributed by atoms with Gasteiger partial charge in [0.25, 0.3) is 0 Å². The first kappa shape index (κ1) is 22.1. The predicted molar refractivity (Wildman–Crippen MR) is 127 cm³/mol. The number of pyridine rings is 1. The summed E-state index contributed by atoms with van der Waals surface area (Å²) in [7, 11) is 0. The maximum absolute atomic E-state index is 14.3. The second-order valence-electron chi connectivity index (χ2n) is 9.45. The second-order valence-corrected chi connectivity index (χ2v) is 10.4. The number of halogens is 3. The number of amides is 1. The summed E-state index contributed by atoms with van der Waals surface area (Å²) in [5.74, 6) is -2.33. The number of carbonyl (C=O) groups is 1. The van der Waals surface area contributed by atoms with Crippen LogP contribution in [0.3, 0.4) is 0 Å². The van der Waals surface area contributed by atoms with Gasteiger partial charge in [0.15, 0.2) is 11.6 Å². The summed E-state index contributed by atoms with van der Waals surface area (Å²) in [5, 5.41) is 4.34. The van der Waals surface area contributed by atoms with Crippen LogP contribution >= 0.6 is 15.9 Å². The molecule has 176 valence electrons. The summed E-state index contributed by atoms with van der Waals surface area (Å²) >= 11 is 3.59.